The third-order valence-electron chi connectivity index (χ3n) is 1.09. The van der Waals surface area contributed by atoms with Gasteiger partial charge in [0.1, 0.15) is 0 Å². The van der Waals surface area contributed by atoms with Gasteiger partial charge in [0.05, 0.1) is 5.69 Å². The Balaban J connectivity index is 3.00. The van der Waals surface area contributed by atoms with Crippen molar-refractivity contribution in [3.05, 3.63) is 34.5 Å². The standard InChI is InChI=1S/C6H5ClN4/c7-2-5-1-6(10-11-8)4-9-3-5/h1,3-4H,2H2. The Morgan fingerprint density at radius 3 is 3.09 bits per heavy atom. The quantitative estimate of drug-likeness (QED) is 0.290. The van der Waals surface area contributed by atoms with E-state index in [4.69, 9.17) is 17.1 Å². The predicted octanol–water partition coefficient (Wildman–Crippen LogP) is 2.76. The van der Waals surface area contributed by atoms with Crippen LogP contribution in [0.15, 0.2) is 23.6 Å². The minimum absolute atomic E-state index is 0.377. The summed E-state index contributed by atoms with van der Waals surface area (Å²) in [5.74, 6) is 0.377. The molecule has 0 bridgehead atoms. The van der Waals surface area contributed by atoms with Gasteiger partial charge >= 0.3 is 0 Å². The predicted molar refractivity (Wildman–Crippen MR) is 42.6 cm³/mol. The molecule has 1 aromatic heterocycles. The number of pyridine rings is 1. The van der Waals surface area contributed by atoms with Gasteiger partial charge in [-0.15, -0.1) is 11.6 Å². The first-order valence-electron chi connectivity index (χ1n) is 2.92. The molecule has 0 unspecified atom stereocenters. The first kappa shape index (κ1) is 7.85. The molecule has 0 aliphatic carbocycles. The summed E-state index contributed by atoms with van der Waals surface area (Å²) in [5.41, 5.74) is 9.42. The highest BCUT2D eigenvalue weighted by molar-refractivity contribution is 6.17. The molecule has 0 N–H and O–H groups in total. The molecule has 1 rings (SSSR count). The third-order valence-corrected chi connectivity index (χ3v) is 1.40. The van der Waals surface area contributed by atoms with E-state index in [2.05, 4.69) is 15.0 Å². The van der Waals surface area contributed by atoms with Crippen LogP contribution in [-0.2, 0) is 5.88 Å². The summed E-state index contributed by atoms with van der Waals surface area (Å²) < 4.78 is 0. The van der Waals surface area contributed by atoms with Gasteiger partial charge in [-0.05, 0) is 17.2 Å². The van der Waals surface area contributed by atoms with Crippen LogP contribution in [0.5, 0.6) is 0 Å². The second kappa shape index (κ2) is 3.81. The number of nitrogens with zero attached hydrogens (tertiary/aromatic N) is 4. The van der Waals surface area contributed by atoms with Crippen molar-refractivity contribution in [1.29, 1.82) is 0 Å². The monoisotopic (exact) mass is 168 g/mol. The minimum atomic E-state index is 0.377. The number of alkyl halides is 1. The Labute approximate surface area is 68.5 Å². The van der Waals surface area contributed by atoms with E-state index in [9.17, 15) is 0 Å². The smallest absolute Gasteiger partial charge is 0.0561 e. The molecule has 56 valence electrons. The molecule has 0 aliphatic rings. The van der Waals surface area contributed by atoms with Crippen molar-refractivity contribution >= 4 is 17.3 Å². The summed E-state index contributed by atoms with van der Waals surface area (Å²) in [4.78, 5) is 6.45. The van der Waals surface area contributed by atoms with E-state index in [0.29, 0.717) is 11.6 Å². The zero-order valence-corrected chi connectivity index (χ0v) is 6.36. The molecule has 0 fully saturated rings. The Kier molecular flexibility index (Phi) is 2.72. The molecule has 0 spiro atoms. The van der Waals surface area contributed by atoms with Crippen LogP contribution in [-0.4, -0.2) is 4.98 Å². The molecule has 0 amide bonds. The topological polar surface area (TPSA) is 61.7 Å². The van der Waals surface area contributed by atoms with E-state index in [1.54, 1.807) is 12.3 Å². The van der Waals surface area contributed by atoms with Crippen LogP contribution in [0.25, 0.3) is 10.4 Å². The number of hydrogen-bond acceptors (Lipinski definition) is 2. The molecule has 1 aromatic rings. The molecular weight excluding hydrogens is 164 g/mol. The summed E-state index contributed by atoms with van der Waals surface area (Å²) in [7, 11) is 0. The van der Waals surface area contributed by atoms with Crippen molar-refractivity contribution in [3.8, 4) is 0 Å². The Morgan fingerprint density at radius 1 is 1.64 bits per heavy atom. The maximum absolute atomic E-state index is 8.08. The van der Waals surface area contributed by atoms with Crippen LogP contribution in [0, 0.1) is 0 Å². The lowest BCUT2D eigenvalue weighted by atomic mass is 10.3. The molecule has 0 atom stereocenters. The van der Waals surface area contributed by atoms with Crippen molar-refractivity contribution in [2.24, 2.45) is 5.11 Å². The van der Waals surface area contributed by atoms with Gasteiger partial charge in [0, 0.05) is 23.2 Å². The Morgan fingerprint density at radius 2 is 2.45 bits per heavy atom. The van der Waals surface area contributed by atoms with E-state index in [0.717, 1.165) is 5.56 Å². The van der Waals surface area contributed by atoms with Crippen molar-refractivity contribution < 1.29 is 0 Å². The third kappa shape index (κ3) is 2.11. The van der Waals surface area contributed by atoms with Crippen LogP contribution >= 0.6 is 11.6 Å². The lowest BCUT2D eigenvalue weighted by Gasteiger charge is -1.93. The molecule has 0 saturated heterocycles. The number of halogens is 1. The number of hydrogen-bond donors (Lipinski definition) is 0. The number of rotatable bonds is 2. The molecule has 0 radical (unpaired) electrons. The van der Waals surface area contributed by atoms with Gasteiger partial charge in [0.15, 0.2) is 0 Å². The summed E-state index contributed by atoms with van der Waals surface area (Å²) in [6.45, 7) is 0. The van der Waals surface area contributed by atoms with Crippen molar-refractivity contribution in [2.45, 2.75) is 5.88 Å². The first-order valence-corrected chi connectivity index (χ1v) is 3.45. The van der Waals surface area contributed by atoms with Gasteiger partial charge in [0.2, 0.25) is 0 Å². The fraction of sp³-hybridized carbons (Fsp3) is 0.167. The highest BCUT2D eigenvalue weighted by atomic mass is 35.5. The molecule has 11 heavy (non-hydrogen) atoms. The van der Waals surface area contributed by atoms with Crippen molar-refractivity contribution in [1.82, 2.24) is 4.98 Å². The highest BCUT2D eigenvalue weighted by Crippen LogP contribution is 2.13. The summed E-state index contributed by atoms with van der Waals surface area (Å²) in [6, 6.07) is 1.69. The maximum Gasteiger partial charge on any atom is 0.0561 e. The van der Waals surface area contributed by atoms with E-state index in [1.165, 1.54) is 6.20 Å². The second-order valence-corrected chi connectivity index (χ2v) is 2.14. The van der Waals surface area contributed by atoms with E-state index < -0.39 is 0 Å². The molecule has 0 aromatic carbocycles. The van der Waals surface area contributed by atoms with Crippen LogP contribution in [0.4, 0.5) is 5.69 Å². The molecule has 5 heteroatoms. The first-order chi connectivity index (χ1) is 5.36. The van der Waals surface area contributed by atoms with Gasteiger partial charge in [-0.2, -0.15) is 0 Å². The molecule has 4 nitrogen and oxygen atoms in total. The molecule has 1 heterocycles. The summed E-state index contributed by atoms with van der Waals surface area (Å²) >= 11 is 5.52. The lowest BCUT2D eigenvalue weighted by molar-refractivity contribution is 1.23. The van der Waals surface area contributed by atoms with Crippen LogP contribution in [0.2, 0.25) is 0 Å². The zero-order chi connectivity index (χ0) is 8.10. The largest absolute Gasteiger partial charge is 0.264 e. The molecular formula is C6H5ClN4. The second-order valence-electron chi connectivity index (χ2n) is 1.87. The molecule has 0 aliphatic heterocycles. The molecule has 0 saturated carbocycles. The van der Waals surface area contributed by atoms with Gasteiger partial charge in [0.25, 0.3) is 0 Å². The minimum Gasteiger partial charge on any atom is -0.264 e. The van der Waals surface area contributed by atoms with E-state index in [1.807, 2.05) is 0 Å². The number of azide groups is 1. The van der Waals surface area contributed by atoms with Crippen molar-refractivity contribution in [2.75, 3.05) is 0 Å². The maximum atomic E-state index is 8.08. The zero-order valence-electron chi connectivity index (χ0n) is 5.61. The fourth-order valence-corrected chi connectivity index (χ4v) is 0.799. The van der Waals surface area contributed by atoms with Gasteiger partial charge < -0.3 is 0 Å². The fourth-order valence-electron chi connectivity index (χ4n) is 0.653. The van der Waals surface area contributed by atoms with Crippen LogP contribution in [0.3, 0.4) is 0 Å². The summed E-state index contributed by atoms with van der Waals surface area (Å²) in [6.07, 6.45) is 3.11. The normalized spacial score (nSPS) is 8.82. The van der Waals surface area contributed by atoms with E-state index in [-0.39, 0.29) is 0 Å². The lowest BCUT2D eigenvalue weighted by Crippen LogP contribution is -1.78. The van der Waals surface area contributed by atoms with Gasteiger partial charge in [-0.3, -0.25) is 4.98 Å². The van der Waals surface area contributed by atoms with Gasteiger partial charge in [-0.1, -0.05) is 5.11 Å². The van der Waals surface area contributed by atoms with Crippen molar-refractivity contribution in [3.63, 3.8) is 0 Å². The summed E-state index contributed by atoms with van der Waals surface area (Å²) in [5, 5.41) is 3.37. The average molecular weight is 169 g/mol. The Hall–Kier alpha value is -1.25. The van der Waals surface area contributed by atoms with E-state index >= 15 is 0 Å². The average Bonchev–Trinajstić information content (AvgIpc) is 2.06. The SMILES string of the molecule is [N-]=[N+]=Nc1cncc(CCl)c1. The highest BCUT2D eigenvalue weighted by Gasteiger charge is 1.91. The Bertz CT molecular complexity index is 292. The van der Waals surface area contributed by atoms with Gasteiger partial charge in [-0.25, -0.2) is 0 Å². The van der Waals surface area contributed by atoms with Crippen LogP contribution in [0.1, 0.15) is 5.56 Å². The number of aromatic nitrogens is 1. The van der Waals surface area contributed by atoms with Crippen LogP contribution < -0.4 is 0 Å².